The molecule has 2 rings (SSSR count). The molecule has 0 saturated heterocycles. The Bertz CT molecular complexity index is 513. The van der Waals surface area contributed by atoms with E-state index in [1.807, 2.05) is 36.4 Å². The summed E-state index contributed by atoms with van der Waals surface area (Å²) >= 11 is 3.35. The Morgan fingerprint density at radius 2 is 1.89 bits per heavy atom. The highest BCUT2D eigenvalue weighted by Gasteiger charge is 2.08. The molecule has 3 nitrogen and oxygen atoms in total. The van der Waals surface area contributed by atoms with E-state index in [0.717, 1.165) is 15.8 Å². The number of rotatable bonds is 4. The quantitative estimate of drug-likeness (QED) is 0.853. The monoisotopic (exact) mass is 307 g/mol. The summed E-state index contributed by atoms with van der Waals surface area (Å²) in [6.07, 6.45) is -0.683. The van der Waals surface area contributed by atoms with Gasteiger partial charge < -0.3 is 15.6 Å². The Hall–Kier alpha value is -1.52. The van der Waals surface area contributed by atoms with Crippen LogP contribution >= 0.6 is 15.9 Å². The fraction of sp³-hybridized carbons (Fsp3) is 0.143. The summed E-state index contributed by atoms with van der Waals surface area (Å²) in [5, 5.41) is 9.97. The van der Waals surface area contributed by atoms with Gasteiger partial charge in [-0.05, 0) is 42.0 Å². The third-order valence-corrected chi connectivity index (χ3v) is 3.05. The Balaban J connectivity index is 1.96. The zero-order valence-corrected chi connectivity index (χ0v) is 11.3. The average molecular weight is 308 g/mol. The largest absolute Gasteiger partial charge is 0.491 e. The van der Waals surface area contributed by atoms with Gasteiger partial charge in [-0.3, -0.25) is 0 Å². The number of hydrogen-bond acceptors (Lipinski definition) is 3. The first-order chi connectivity index (χ1) is 8.65. The summed E-state index contributed by atoms with van der Waals surface area (Å²) < 4.78 is 6.50. The van der Waals surface area contributed by atoms with Gasteiger partial charge in [-0.2, -0.15) is 0 Å². The van der Waals surface area contributed by atoms with E-state index in [1.54, 1.807) is 12.1 Å². The minimum Gasteiger partial charge on any atom is -0.491 e. The van der Waals surface area contributed by atoms with Crippen molar-refractivity contribution in [2.45, 2.75) is 6.10 Å². The van der Waals surface area contributed by atoms with Gasteiger partial charge in [-0.1, -0.05) is 28.1 Å². The number of ether oxygens (including phenoxy) is 1. The van der Waals surface area contributed by atoms with Crippen molar-refractivity contribution in [3.63, 3.8) is 0 Å². The van der Waals surface area contributed by atoms with Crippen LogP contribution in [-0.4, -0.2) is 11.7 Å². The van der Waals surface area contributed by atoms with Gasteiger partial charge in [0.05, 0.1) is 0 Å². The van der Waals surface area contributed by atoms with Crippen molar-refractivity contribution < 1.29 is 9.84 Å². The lowest BCUT2D eigenvalue weighted by Gasteiger charge is -2.13. The van der Waals surface area contributed by atoms with Gasteiger partial charge in [0.15, 0.2) is 0 Å². The highest BCUT2D eigenvalue weighted by Crippen LogP contribution is 2.20. The van der Waals surface area contributed by atoms with Gasteiger partial charge in [0.25, 0.3) is 0 Å². The zero-order chi connectivity index (χ0) is 13.0. The number of nitrogens with two attached hydrogens (primary N) is 1. The van der Waals surface area contributed by atoms with Crippen LogP contribution in [-0.2, 0) is 0 Å². The zero-order valence-electron chi connectivity index (χ0n) is 9.71. The van der Waals surface area contributed by atoms with E-state index in [0.29, 0.717) is 5.69 Å². The van der Waals surface area contributed by atoms with Crippen LogP contribution in [0.4, 0.5) is 5.69 Å². The molecule has 2 aromatic carbocycles. The smallest absolute Gasteiger partial charge is 0.119 e. The molecule has 0 amide bonds. The van der Waals surface area contributed by atoms with Crippen molar-refractivity contribution in [1.29, 1.82) is 0 Å². The van der Waals surface area contributed by atoms with Crippen molar-refractivity contribution in [3.05, 3.63) is 58.6 Å². The van der Waals surface area contributed by atoms with Gasteiger partial charge >= 0.3 is 0 Å². The van der Waals surface area contributed by atoms with Crippen molar-refractivity contribution in [2.75, 3.05) is 12.3 Å². The fourth-order valence-corrected chi connectivity index (χ4v) is 1.83. The maximum absolute atomic E-state index is 9.97. The molecule has 4 heteroatoms. The number of aliphatic hydroxyl groups is 1. The second-order valence-corrected chi connectivity index (χ2v) is 4.87. The van der Waals surface area contributed by atoms with E-state index in [9.17, 15) is 5.11 Å². The molecule has 0 fully saturated rings. The highest BCUT2D eigenvalue weighted by molar-refractivity contribution is 9.10. The Labute approximate surface area is 114 Å². The molecule has 0 aliphatic heterocycles. The molecule has 0 aliphatic carbocycles. The van der Waals surface area contributed by atoms with Crippen LogP contribution in [0, 0.1) is 0 Å². The first-order valence-corrected chi connectivity index (χ1v) is 6.36. The van der Waals surface area contributed by atoms with Crippen LogP contribution in [0.1, 0.15) is 11.7 Å². The molecule has 0 saturated carbocycles. The normalized spacial score (nSPS) is 12.1. The third-order valence-electron chi connectivity index (χ3n) is 2.52. The van der Waals surface area contributed by atoms with Crippen molar-refractivity contribution >= 4 is 21.6 Å². The second kappa shape index (κ2) is 5.89. The molecule has 1 atom stereocenters. The first kappa shape index (κ1) is 12.9. The van der Waals surface area contributed by atoms with Gasteiger partial charge in [0, 0.05) is 10.2 Å². The molecule has 0 bridgehead atoms. The van der Waals surface area contributed by atoms with E-state index in [1.165, 1.54) is 0 Å². The third kappa shape index (κ3) is 3.48. The fourth-order valence-electron chi connectivity index (χ4n) is 1.57. The van der Waals surface area contributed by atoms with Gasteiger partial charge in [-0.25, -0.2) is 0 Å². The Morgan fingerprint density at radius 1 is 1.17 bits per heavy atom. The molecule has 18 heavy (non-hydrogen) atoms. The molecule has 0 radical (unpaired) electrons. The predicted octanol–water partition coefficient (Wildman–Crippen LogP) is 3.14. The summed E-state index contributed by atoms with van der Waals surface area (Å²) in [5.41, 5.74) is 7.05. The van der Waals surface area contributed by atoms with Crippen LogP contribution in [0.2, 0.25) is 0 Å². The van der Waals surface area contributed by atoms with Gasteiger partial charge in [-0.15, -0.1) is 0 Å². The van der Waals surface area contributed by atoms with Crippen LogP contribution in [0.25, 0.3) is 0 Å². The number of aliphatic hydroxyl groups excluding tert-OH is 1. The van der Waals surface area contributed by atoms with Crippen molar-refractivity contribution in [2.24, 2.45) is 0 Å². The maximum atomic E-state index is 9.97. The topological polar surface area (TPSA) is 55.5 Å². The van der Waals surface area contributed by atoms with Gasteiger partial charge in [0.2, 0.25) is 0 Å². The first-order valence-electron chi connectivity index (χ1n) is 5.57. The SMILES string of the molecule is Nc1cccc(C(O)COc2ccc(Br)cc2)c1. The number of nitrogen functional groups attached to an aromatic ring is 1. The molecule has 0 aliphatic rings. The van der Waals surface area contributed by atoms with Crippen LogP contribution in [0.3, 0.4) is 0 Å². The standard InChI is InChI=1S/C14H14BrNO2/c15-11-4-6-13(7-5-11)18-9-14(17)10-2-1-3-12(16)8-10/h1-8,14,17H,9,16H2. The summed E-state index contributed by atoms with van der Waals surface area (Å²) in [6.45, 7) is 0.199. The van der Waals surface area contributed by atoms with Crippen molar-refractivity contribution in [3.8, 4) is 5.75 Å². The molecular weight excluding hydrogens is 294 g/mol. The molecule has 1 unspecified atom stereocenters. The van der Waals surface area contributed by atoms with Crippen LogP contribution in [0.15, 0.2) is 53.0 Å². The maximum Gasteiger partial charge on any atom is 0.119 e. The summed E-state index contributed by atoms with van der Waals surface area (Å²) in [5.74, 6) is 0.723. The van der Waals surface area contributed by atoms with Crippen molar-refractivity contribution in [1.82, 2.24) is 0 Å². The number of benzene rings is 2. The number of anilines is 1. The van der Waals surface area contributed by atoms with E-state index in [4.69, 9.17) is 10.5 Å². The van der Waals surface area contributed by atoms with E-state index in [-0.39, 0.29) is 6.61 Å². The Kier molecular flexibility index (Phi) is 4.23. The molecule has 3 N–H and O–H groups in total. The predicted molar refractivity (Wildman–Crippen MR) is 75.5 cm³/mol. The molecule has 94 valence electrons. The summed E-state index contributed by atoms with van der Waals surface area (Å²) in [4.78, 5) is 0. The summed E-state index contributed by atoms with van der Waals surface area (Å²) in [6, 6.07) is 14.6. The summed E-state index contributed by atoms with van der Waals surface area (Å²) in [7, 11) is 0. The average Bonchev–Trinajstić information content (AvgIpc) is 2.38. The molecule has 0 aromatic heterocycles. The van der Waals surface area contributed by atoms with Crippen LogP contribution < -0.4 is 10.5 Å². The minimum absolute atomic E-state index is 0.199. The number of hydrogen-bond donors (Lipinski definition) is 2. The molecular formula is C14H14BrNO2. The number of halogens is 1. The van der Waals surface area contributed by atoms with E-state index in [2.05, 4.69) is 15.9 Å². The highest BCUT2D eigenvalue weighted by atomic mass is 79.9. The lowest BCUT2D eigenvalue weighted by Crippen LogP contribution is -2.09. The van der Waals surface area contributed by atoms with E-state index < -0.39 is 6.10 Å². The molecule has 0 spiro atoms. The molecule has 2 aromatic rings. The van der Waals surface area contributed by atoms with Crippen LogP contribution in [0.5, 0.6) is 5.75 Å². The minimum atomic E-state index is -0.683. The lowest BCUT2D eigenvalue weighted by atomic mass is 10.1. The van der Waals surface area contributed by atoms with Gasteiger partial charge in [0.1, 0.15) is 18.5 Å². The molecule has 0 heterocycles. The Morgan fingerprint density at radius 3 is 2.56 bits per heavy atom. The second-order valence-electron chi connectivity index (χ2n) is 3.95. The lowest BCUT2D eigenvalue weighted by molar-refractivity contribution is 0.108. The van der Waals surface area contributed by atoms with E-state index >= 15 is 0 Å².